The quantitative estimate of drug-likeness (QED) is 0.116. The Morgan fingerprint density at radius 1 is 0.694 bits per heavy atom. The smallest absolute Gasteiger partial charge is 0.159 e. The number of rotatable bonds is 9. The molecule has 0 aliphatic rings. The topological polar surface area (TPSA) is 19.6 Å². The predicted molar refractivity (Wildman–Crippen MR) is 212 cm³/mol. The van der Waals surface area contributed by atoms with Gasteiger partial charge in [-0.2, -0.15) is 0 Å². The number of nitrogens with zero attached hydrogens (tertiary/aromatic N) is 2. The largest absolute Gasteiger partial charge is 0.454 e. The van der Waals surface area contributed by atoms with Gasteiger partial charge in [0, 0.05) is 38.6 Å². The van der Waals surface area contributed by atoms with Gasteiger partial charge in [-0.15, -0.1) is 0 Å². The van der Waals surface area contributed by atoms with Crippen molar-refractivity contribution in [1.29, 1.82) is 0 Å². The van der Waals surface area contributed by atoms with Crippen LogP contribution in [0.3, 0.4) is 0 Å². The molecule has 0 aliphatic heterocycles. The van der Waals surface area contributed by atoms with Gasteiger partial charge in [-0.05, 0) is 95.4 Å². The van der Waals surface area contributed by atoms with E-state index in [1.807, 2.05) is 25.1 Å². The van der Waals surface area contributed by atoms with Crippen molar-refractivity contribution in [2.24, 2.45) is 0 Å². The molecule has 0 fully saturated rings. The first-order valence-electron chi connectivity index (χ1n) is 16.8. The molecule has 0 spiro atoms. The summed E-state index contributed by atoms with van der Waals surface area (Å²) in [7, 11) is 0. The zero-order valence-corrected chi connectivity index (χ0v) is 28.3. The maximum absolute atomic E-state index is 6.62. The highest BCUT2D eigenvalue weighted by atomic mass is 16.3. The standard InChI is InChI=1S/C46H38N2O/c1-7-32(8-2)28-31(6)47(29(3)4)40-25-21-33-20-24-39-41(26-22-34-19-23-38(40)44(33)45(34)39)48(35-14-11-13-30(5)27-35)42-17-12-16-37-36-15-9-10-18-43(36)49-46(37)42/h7,9-28H,1,3,6,8H2,2,4-5H3/b32-28+. The van der Waals surface area contributed by atoms with Crippen molar-refractivity contribution in [1.82, 2.24) is 0 Å². The van der Waals surface area contributed by atoms with Gasteiger partial charge in [0.05, 0.1) is 17.1 Å². The summed E-state index contributed by atoms with van der Waals surface area (Å²) in [6.45, 7) is 19.2. The van der Waals surface area contributed by atoms with Crippen LogP contribution in [0.2, 0.25) is 0 Å². The van der Waals surface area contributed by atoms with E-state index in [2.05, 4.69) is 153 Å². The summed E-state index contributed by atoms with van der Waals surface area (Å²) in [4.78, 5) is 4.52. The van der Waals surface area contributed by atoms with Gasteiger partial charge < -0.3 is 14.2 Å². The fraction of sp³-hybridized carbons (Fsp3) is 0.0870. The highest BCUT2D eigenvalue weighted by Crippen LogP contribution is 2.48. The van der Waals surface area contributed by atoms with E-state index in [0.29, 0.717) is 0 Å². The number of hydrogen-bond acceptors (Lipinski definition) is 3. The second-order valence-electron chi connectivity index (χ2n) is 12.9. The molecule has 238 valence electrons. The van der Waals surface area contributed by atoms with Crippen molar-refractivity contribution >= 4 is 77.0 Å². The number of fused-ring (bicyclic) bond motifs is 3. The highest BCUT2D eigenvalue weighted by Gasteiger charge is 2.23. The lowest BCUT2D eigenvalue weighted by molar-refractivity contribution is 0.669. The van der Waals surface area contributed by atoms with Crippen LogP contribution in [0.25, 0.3) is 54.3 Å². The van der Waals surface area contributed by atoms with Crippen LogP contribution in [0.15, 0.2) is 169 Å². The van der Waals surface area contributed by atoms with Crippen LogP contribution in [0.4, 0.5) is 22.7 Å². The Morgan fingerprint density at radius 2 is 1.35 bits per heavy atom. The predicted octanol–water partition coefficient (Wildman–Crippen LogP) is 13.6. The number of para-hydroxylation sites is 2. The van der Waals surface area contributed by atoms with Crippen LogP contribution in [0, 0.1) is 6.92 Å². The van der Waals surface area contributed by atoms with Gasteiger partial charge in [-0.3, -0.25) is 0 Å². The van der Waals surface area contributed by atoms with E-state index in [4.69, 9.17) is 4.42 Å². The maximum Gasteiger partial charge on any atom is 0.159 e. The minimum atomic E-state index is 0.865. The van der Waals surface area contributed by atoms with Gasteiger partial charge in [0.2, 0.25) is 0 Å². The fourth-order valence-electron chi connectivity index (χ4n) is 7.43. The Labute approximate surface area is 287 Å². The first-order chi connectivity index (χ1) is 23.9. The van der Waals surface area contributed by atoms with E-state index in [1.54, 1.807) is 0 Å². The van der Waals surface area contributed by atoms with E-state index in [9.17, 15) is 0 Å². The van der Waals surface area contributed by atoms with E-state index < -0.39 is 0 Å². The lowest BCUT2D eigenvalue weighted by atomic mass is 9.91. The molecule has 8 aromatic rings. The van der Waals surface area contributed by atoms with Crippen LogP contribution >= 0.6 is 0 Å². The van der Waals surface area contributed by atoms with Crippen molar-refractivity contribution in [2.75, 3.05) is 9.80 Å². The first-order valence-corrected chi connectivity index (χ1v) is 16.8. The molecule has 0 N–H and O–H groups in total. The summed E-state index contributed by atoms with van der Waals surface area (Å²) in [5.41, 5.74) is 10.1. The summed E-state index contributed by atoms with van der Waals surface area (Å²) in [5.74, 6) is 0. The minimum Gasteiger partial charge on any atom is -0.454 e. The number of hydrogen-bond donors (Lipinski definition) is 0. The Morgan fingerprint density at radius 3 is 2.04 bits per heavy atom. The Balaban J connectivity index is 1.41. The molecule has 0 atom stereocenters. The van der Waals surface area contributed by atoms with Crippen molar-refractivity contribution in [3.63, 3.8) is 0 Å². The minimum absolute atomic E-state index is 0.865. The van der Waals surface area contributed by atoms with Gasteiger partial charge in [0.1, 0.15) is 5.58 Å². The van der Waals surface area contributed by atoms with E-state index in [-0.39, 0.29) is 0 Å². The molecule has 0 bridgehead atoms. The summed E-state index contributed by atoms with van der Waals surface area (Å²) in [5, 5.41) is 9.38. The van der Waals surface area contributed by atoms with Gasteiger partial charge in [0.15, 0.2) is 5.58 Å². The molecule has 3 nitrogen and oxygen atoms in total. The average Bonchev–Trinajstić information content (AvgIpc) is 3.50. The summed E-state index contributed by atoms with van der Waals surface area (Å²) >= 11 is 0. The van der Waals surface area contributed by atoms with E-state index in [0.717, 1.165) is 73.5 Å². The van der Waals surface area contributed by atoms with Crippen LogP contribution in [-0.2, 0) is 0 Å². The molecule has 3 heteroatoms. The molecule has 0 radical (unpaired) electrons. The second-order valence-corrected chi connectivity index (χ2v) is 12.9. The zero-order valence-electron chi connectivity index (χ0n) is 28.3. The molecule has 0 saturated heterocycles. The average molecular weight is 635 g/mol. The number of allylic oxidation sites excluding steroid dienone is 4. The summed E-state index contributed by atoms with van der Waals surface area (Å²) < 4.78 is 6.62. The molecular weight excluding hydrogens is 597 g/mol. The molecule has 0 saturated carbocycles. The van der Waals surface area contributed by atoms with Crippen LogP contribution in [0.5, 0.6) is 0 Å². The molecular formula is C46H38N2O. The van der Waals surface area contributed by atoms with Gasteiger partial charge in [-0.25, -0.2) is 0 Å². The molecule has 7 aromatic carbocycles. The molecule has 0 aliphatic carbocycles. The second kappa shape index (κ2) is 11.9. The Hall–Kier alpha value is -6.06. The van der Waals surface area contributed by atoms with Gasteiger partial charge >= 0.3 is 0 Å². The third-order valence-electron chi connectivity index (χ3n) is 9.68. The van der Waals surface area contributed by atoms with Gasteiger partial charge in [-0.1, -0.05) is 112 Å². The SMILES string of the molecule is C=C/C(=C\C(=C)N(C(=C)C)c1ccc2ccc3c(N(c4cccc(C)c4)c4cccc5c4oc4ccccc45)ccc4ccc1c2c43)CC. The number of aryl methyl sites for hydroxylation is 1. The van der Waals surface area contributed by atoms with Crippen molar-refractivity contribution in [3.05, 3.63) is 170 Å². The molecule has 1 aromatic heterocycles. The lowest BCUT2D eigenvalue weighted by Gasteiger charge is -2.29. The summed E-state index contributed by atoms with van der Waals surface area (Å²) in [6.07, 6.45) is 4.89. The maximum atomic E-state index is 6.62. The number of furan rings is 1. The molecule has 0 unspecified atom stereocenters. The number of anilines is 4. The molecule has 8 rings (SSSR count). The first kappa shape index (κ1) is 30.3. The normalized spacial score (nSPS) is 12.0. The zero-order chi connectivity index (χ0) is 33.8. The van der Waals surface area contributed by atoms with E-state index in [1.165, 1.54) is 32.5 Å². The van der Waals surface area contributed by atoms with Crippen molar-refractivity contribution in [2.45, 2.75) is 27.2 Å². The summed E-state index contributed by atoms with van der Waals surface area (Å²) in [6, 6.07) is 41.4. The molecule has 1 heterocycles. The fourth-order valence-corrected chi connectivity index (χ4v) is 7.43. The monoisotopic (exact) mass is 634 g/mol. The third kappa shape index (κ3) is 4.89. The van der Waals surface area contributed by atoms with Gasteiger partial charge in [0.25, 0.3) is 0 Å². The Bertz CT molecular complexity index is 2630. The van der Waals surface area contributed by atoms with Crippen LogP contribution in [-0.4, -0.2) is 0 Å². The van der Waals surface area contributed by atoms with Crippen LogP contribution in [0.1, 0.15) is 25.8 Å². The highest BCUT2D eigenvalue weighted by molar-refractivity contribution is 6.28. The van der Waals surface area contributed by atoms with E-state index >= 15 is 0 Å². The lowest BCUT2D eigenvalue weighted by Crippen LogP contribution is -2.18. The molecule has 0 amide bonds. The third-order valence-corrected chi connectivity index (χ3v) is 9.68. The van der Waals surface area contributed by atoms with Crippen molar-refractivity contribution in [3.8, 4) is 0 Å². The Kier molecular flexibility index (Phi) is 7.34. The van der Waals surface area contributed by atoms with Crippen molar-refractivity contribution < 1.29 is 4.42 Å². The molecule has 49 heavy (non-hydrogen) atoms. The number of benzene rings is 7. The van der Waals surface area contributed by atoms with Crippen LogP contribution < -0.4 is 9.80 Å².